The molecule has 3 aliphatic rings. The van der Waals surface area contributed by atoms with Crippen LogP contribution in [-0.4, -0.2) is 44.1 Å². The Labute approximate surface area is 294 Å². The standard InChI is InChI=1S/C40H38BrN3O5/c1-3-19-49-37-34(41)21-25(22-35(37)48-4-2)20-33-38(45)42-40(47)44(39(33)46)28-23-31-29(26-11-7-5-8-12-26)15-17-43-18-16-30(32(24-28)36(31)43)27-13-9-6-10-14-27/h5-14,20-24,29-30H,3-4,15-19H2,1-2H3,(H,42,45,47)/b33-20+/t29-,30-/m1/s1. The van der Waals surface area contributed by atoms with Crippen LogP contribution in [0.4, 0.5) is 16.2 Å². The van der Waals surface area contributed by atoms with Crippen LogP contribution in [0.15, 0.2) is 95.0 Å². The third kappa shape index (κ3) is 6.23. The summed E-state index contributed by atoms with van der Waals surface area (Å²) in [6.07, 6.45) is 4.14. The lowest BCUT2D eigenvalue weighted by molar-refractivity contribution is -0.122. The van der Waals surface area contributed by atoms with Crippen molar-refractivity contribution in [3.63, 3.8) is 0 Å². The molecule has 0 unspecified atom stereocenters. The van der Waals surface area contributed by atoms with Gasteiger partial charge >= 0.3 is 6.03 Å². The number of anilines is 2. The SMILES string of the molecule is CCCOc1c(Br)cc(/C=C2\C(=O)NC(=O)N(c3cc4c5c(c3)[C@@H](c3ccccc3)CCN5CC[C@@H]4c3ccccc3)C2=O)cc1OCC. The van der Waals surface area contributed by atoms with Crippen LogP contribution in [0.2, 0.25) is 0 Å². The van der Waals surface area contributed by atoms with Crippen molar-refractivity contribution in [2.24, 2.45) is 0 Å². The number of hydrogen-bond acceptors (Lipinski definition) is 6. The van der Waals surface area contributed by atoms with Gasteiger partial charge in [-0.3, -0.25) is 14.9 Å². The van der Waals surface area contributed by atoms with E-state index < -0.39 is 17.8 Å². The predicted octanol–water partition coefficient (Wildman–Crippen LogP) is 8.18. The minimum atomic E-state index is -0.769. The average molecular weight is 721 g/mol. The highest BCUT2D eigenvalue weighted by Gasteiger charge is 2.40. The summed E-state index contributed by atoms with van der Waals surface area (Å²) in [6, 6.07) is 27.5. The topological polar surface area (TPSA) is 88.2 Å². The number of urea groups is 1. The summed E-state index contributed by atoms with van der Waals surface area (Å²) >= 11 is 3.57. The zero-order valence-electron chi connectivity index (χ0n) is 27.6. The number of ether oxygens (including phenoxy) is 2. The molecule has 1 saturated heterocycles. The maximum atomic E-state index is 14.3. The van der Waals surface area contributed by atoms with E-state index in [9.17, 15) is 14.4 Å². The van der Waals surface area contributed by atoms with E-state index in [1.54, 1.807) is 12.1 Å². The summed E-state index contributed by atoms with van der Waals surface area (Å²) in [6.45, 7) is 6.65. The number of nitrogens with one attached hydrogen (secondary N) is 1. The van der Waals surface area contributed by atoms with E-state index in [1.165, 1.54) is 22.9 Å². The molecule has 4 amide bonds. The Kier molecular flexibility index (Phi) is 9.27. The van der Waals surface area contributed by atoms with Gasteiger partial charge in [0.1, 0.15) is 5.57 Å². The number of nitrogens with zero attached hydrogens (tertiary/aromatic N) is 2. The first kappa shape index (κ1) is 32.6. The van der Waals surface area contributed by atoms with E-state index in [0.29, 0.717) is 40.4 Å². The molecule has 0 radical (unpaired) electrons. The first-order chi connectivity index (χ1) is 23.9. The molecular formula is C40H38BrN3O5. The zero-order chi connectivity index (χ0) is 34.1. The summed E-state index contributed by atoms with van der Waals surface area (Å²) < 4.78 is 12.4. The van der Waals surface area contributed by atoms with Gasteiger partial charge in [-0.1, -0.05) is 67.6 Å². The highest BCUT2D eigenvalue weighted by molar-refractivity contribution is 9.10. The Bertz CT molecular complexity index is 1870. The van der Waals surface area contributed by atoms with Gasteiger partial charge in [-0.2, -0.15) is 0 Å². The Morgan fingerprint density at radius 3 is 2.02 bits per heavy atom. The summed E-state index contributed by atoms with van der Waals surface area (Å²) in [5.41, 5.74) is 6.58. The van der Waals surface area contributed by atoms with Crippen LogP contribution < -0.4 is 24.6 Å². The molecule has 4 aromatic rings. The molecule has 7 rings (SSSR count). The monoisotopic (exact) mass is 719 g/mol. The summed E-state index contributed by atoms with van der Waals surface area (Å²) in [7, 11) is 0. The second-order valence-corrected chi connectivity index (χ2v) is 13.4. The molecular weight excluding hydrogens is 682 g/mol. The lowest BCUT2D eigenvalue weighted by atomic mass is 9.76. The molecule has 0 aliphatic carbocycles. The number of hydrogen-bond donors (Lipinski definition) is 1. The number of barbiturate groups is 1. The smallest absolute Gasteiger partial charge is 0.335 e. The molecule has 9 heteroatoms. The van der Waals surface area contributed by atoms with Gasteiger partial charge in [-0.15, -0.1) is 0 Å². The lowest BCUT2D eigenvalue weighted by Crippen LogP contribution is -2.54. The average Bonchev–Trinajstić information content (AvgIpc) is 3.11. The van der Waals surface area contributed by atoms with Crippen LogP contribution in [0.3, 0.4) is 0 Å². The van der Waals surface area contributed by atoms with Crippen molar-refractivity contribution in [3.8, 4) is 11.5 Å². The number of rotatable bonds is 9. The van der Waals surface area contributed by atoms with Crippen molar-refractivity contribution in [1.82, 2.24) is 5.32 Å². The normalized spacial score (nSPS) is 19.5. The van der Waals surface area contributed by atoms with Crippen molar-refractivity contribution in [1.29, 1.82) is 0 Å². The molecule has 49 heavy (non-hydrogen) atoms. The number of halogens is 1. The van der Waals surface area contributed by atoms with Crippen molar-refractivity contribution < 1.29 is 23.9 Å². The third-order valence-electron chi connectivity index (χ3n) is 9.45. The molecule has 0 aromatic heterocycles. The van der Waals surface area contributed by atoms with E-state index in [4.69, 9.17) is 9.47 Å². The van der Waals surface area contributed by atoms with Gasteiger partial charge in [-0.05, 0) is 100 Å². The van der Waals surface area contributed by atoms with Crippen LogP contribution in [0, 0.1) is 0 Å². The van der Waals surface area contributed by atoms with E-state index in [-0.39, 0.29) is 17.4 Å². The van der Waals surface area contributed by atoms with Gasteiger partial charge in [0.25, 0.3) is 11.8 Å². The minimum Gasteiger partial charge on any atom is -0.490 e. The van der Waals surface area contributed by atoms with Crippen LogP contribution in [-0.2, 0) is 9.59 Å². The fraction of sp³-hybridized carbons (Fsp3) is 0.275. The van der Waals surface area contributed by atoms with Gasteiger partial charge < -0.3 is 14.4 Å². The molecule has 0 spiro atoms. The van der Waals surface area contributed by atoms with Gasteiger partial charge in [-0.25, -0.2) is 9.69 Å². The highest BCUT2D eigenvalue weighted by atomic mass is 79.9. The van der Waals surface area contributed by atoms with E-state index >= 15 is 0 Å². The predicted molar refractivity (Wildman–Crippen MR) is 195 cm³/mol. The molecule has 0 bridgehead atoms. The maximum absolute atomic E-state index is 14.3. The second-order valence-electron chi connectivity index (χ2n) is 12.5. The number of benzene rings is 4. The van der Waals surface area contributed by atoms with Gasteiger partial charge in [0, 0.05) is 30.6 Å². The lowest BCUT2D eigenvalue weighted by Gasteiger charge is -2.44. The number of amides is 4. The van der Waals surface area contributed by atoms with Crippen LogP contribution in [0.1, 0.15) is 72.8 Å². The largest absolute Gasteiger partial charge is 0.490 e. The van der Waals surface area contributed by atoms with Gasteiger partial charge in [0.05, 0.1) is 23.4 Å². The van der Waals surface area contributed by atoms with Crippen LogP contribution in [0.5, 0.6) is 11.5 Å². The Balaban J connectivity index is 1.34. The second kappa shape index (κ2) is 13.9. The Hall–Kier alpha value is -4.89. The van der Waals surface area contributed by atoms with E-state index in [1.807, 2.05) is 62.4 Å². The number of carbonyl (C=O) groups is 3. The summed E-state index contributed by atoms with van der Waals surface area (Å²) in [4.78, 5) is 44.7. The molecule has 0 saturated carbocycles. The highest BCUT2D eigenvalue weighted by Crippen LogP contribution is 2.50. The van der Waals surface area contributed by atoms with Crippen molar-refractivity contribution in [2.45, 2.75) is 44.9 Å². The van der Waals surface area contributed by atoms with Gasteiger partial charge in [0.2, 0.25) is 0 Å². The molecule has 1 N–H and O–H groups in total. The van der Waals surface area contributed by atoms with Crippen molar-refractivity contribution in [2.75, 3.05) is 36.1 Å². The summed E-state index contributed by atoms with van der Waals surface area (Å²) in [5.74, 6) is -0.212. The fourth-order valence-electron chi connectivity index (χ4n) is 7.31. The number of imide groups is 2. The van der Waals surface area contributed by atoms with Crippen molar-refractivity contribution >= 4 is 51.2 Å². The fourth-order valence-corrected chi connectivity index (χ4v) is 7.88. The molecule has 2 atom stereocenters. The Morgan fingerprint density at radius 2 is 1.45 bits per heavy atom. The quantitative estimate of drug-likeness (QED) is 0.139. The van der Waals surface area contributed by atoms with E-state index in [0.717, 1.165) is 48.4 Å². The first-order valence-electron chi connectivity index (χ1n) is 16.9. The third-order valence-corrected chi connectivity index (χ3v) is 10.0. The van der Waals surface area contributed by atoms with Crippen LogP contribution >= 0.6 is 15.9 Å². The first-order valence-corrected chi connectivity index (χ1v) is 17.7. The van der Waals surface area contributed by atoms with Gasteiger partial charge in [0.15, 0.2) is 11.5 Å². The van der Waals surface area contributed by atoms with E-state index in [2.05, 4.69) is 50.4 Å². The summed E-state index contributed by atoms with van der Waals surface area (Å²) in [5, 5.41) is 2.43. The molecule has 8 nitrogen and oxygen atoms in total. The molecule has 4 aromatic carbocycles. The number of carbonyl (C=O) groups excluding carboxylic acids is 3. The molecule has 250 valence electrons. The molecule has 3 aliphatic heterocycles. The minimum absolute atomic E-state index is 0.0862. The molecule has 3 heterocycles. The zero-order valence-corrected chi connectivity index (χ0v) is 29.2. The molecule has 1 fully saturated rings. The Morgan fingerprint density at radius 1 is 0.837 bits per heavy atom. The van der Waals surface area contributed by atoms with Crippen molar-refractivity contribution in [3.05, 3.63) is 123 Å². The maximum Gasteiger partial charge on any atom is 0.335 e. The van der Waals surface area contributed by atoms with Crippen LogP contribution in [0.25, 0.3) is 6.08 Å².